The van der Waals surface area contributed by atoms with E-state index in [-0.39, 0.29) is 16.9 Å². The molecule has 1 unspecified atom stereocenters. The molecule has 1 aromatic carbocycles. The van der Waals surface area contributed by atoms with E-state index in [4.69, 9.17) is 0 Å². The highest BCUT2D eigenvalue weighted by Gasteiger charge is 2.54. The zero-order valence-corrected chi connectivity index (χ0v) is 20.6. The Kier molecular flexibility index (Phi) is 5.23. The minimum absolute atomic E-state index is 0.0279. The number of aryl methyl sites for hydroxylation is 1. The maximum absolute atomic E-state index is 13.7. The van der Waals surface area contributed by atoms with E-state index in [0.717, 1.165) is 30.5 Å². The molecule has 9 heteroatoms. The van der Waals surface area contributed by atoms with E-state index in [9.17, 15) is 14.0 Å². The van der Waals surface area contributed by atoms with Gasteiger partial charge in [-0.1, -0.05) is 46.0 Å². The van der Waals surface area contributed by atoms with Crippen LogP contribution >= 0.6 is 0 Å². The Balaban J connectivity index is 1.55. The van der Waals surface area contributed by atoms with Crippen molar-refractivity contribution in [3.8, 4) is 0 Å². The van der Waals surface area contributed by atoms with Crippen LogP contribution in [-0.4, -0.2) is 36.1 Å². The average Bonchev–Trinajstić information content (AvgIpc) is 3.14. The lowest BCUT2D eigenvalue weighted by Crippen LogP contribution is -2.52. The predicted molar refractivity (Wildman–Crippen MR) is 127 cm³/mol. The van der Waals surface area contributed by atoms with Crippen LogP contribution in [-0.2, 0) is 15.0 Å². The van der Waals surface area contributed by atoms with Gasteiger partial charge in [-0.15, -0.1) is 0 Å². The summed E-state index contributed by atoms with van der Waals surface area (Å²) in [5, 5.41) is 16.2. The van der Waals surface area contributed by atoms with E-state index < -0.39 is 25.3 Å². The summed E-state index contributed by atoms with van der Waals surface area (Å²) >= 11 is 0. The van der Waals surface area contributed by atoms with Crippen molar-refractivity contribution in [1.82, 2.24) is 10.2 Å². The first-order valence-corrected chi connectivity index (χ1v) is 14.6. The Hall–Kier alpha value is -2.68. The van der Waals surface area contributed by atoms with Crippen LogP contribution in [0.1, 0.15) is 44.4 Å². The minimum atomic E-state index is -1.72. The van der Waals surface area contributed by atoms with Crippen LogP contribution in [0.15, 0.2) is 18.2 Å². The van der Waals surface area contributed by atoms with Crippen LogP contribution in [0, 0.1) is 12.7 Å². The molecule has 2 heterocycles. The fourth-order valence-electron chi connectivity index (χ4n) is 4.91. The minimum Gasteiger partial charge on any atom is -0.368 e. The van der Waals surface area contributed by atoms with Gasteiger partial charge in [-0.25, -0.2) is 4.39 Å². The monoisotopic (exact) mass is 457 g/mol. The largest absolute Gasteiger partial charge is 0.368 e. The number of fused-ring (bicyclic) bond motifs is 1. The van der Waals surface area contributed by atoms with Gasteiger partial charge in [0.25, 0.3) is 0 Å². The first-order chi connectivity index (χ1) is 14.9. The van der Waals surface area contributed by atoms with E-state index >= 15 is 0 Å². The second-order valence-electron chi connectivity index (χ2n) is 10.7. The van der Waals surface area contributed by atoms with Gasteiger partial charge in [-0.05, 0) is 37.5 Å². The topological polar surface area (TPSA) is 98.9 Å². The number of hydrogen-bond acceptors (Lipinski definition) is 4. The summed E-state index contributed by atoms with van der Waals surface area (Å²) in [6.45, 7) is 12.4. The molecule has 0 saturated heterocycles. The van der Waals surface area contributed by atoms with Gasteiger partial charge in [0.1, 0.15) is 17.5 Å². The molecule has 1 aliphatic carbocycles. The van der Waals surface area contributed by atoms with Gasteiger partial charge in [0, 0.05) is 16.1 Å². The molecule has 0 bridgehead atoms. The third-order valence-electron chi connectivity index (χ3n) is 7.45. The molecule has 2 aromatic rings. The molecule has 2 aliphatic rings. The molecule has 1 aliphatic heterocycles. The van der Waals surface area contributed by atoms with Crippen LogP contribution in [0.3, 0.4) is 0 Å². The Bertz CT molecular complexity index is 1080. The number of carbonyl (C=O) groups is 2. The molecule has 2 amide bonds. The number of nitrogens with one attached hydrogen (secondary N) is 4. The summed E-state index contributed by atoms with van der Waals surface area (Å²) < 4.78 is 13.7. The molecule has 1 saturated carbocycles. The van der Waals surface area contributed by atoms with Crippen molar-refractivity contribution >= 4 is 37.1 Å². The molecule has 0 radical (unpaired) electrons. The lowest BCUT2D eigenvalue weighted by Gasteiger charge is -2.48. The van der Waals surface area contributed by atoms with E-state index in [0.29, 0.717) is 17.2 Å². The first-order valence-electron chi connectivity index (χ1n) is 11.1. The normalized spacial score (nSPS) is 20.7. The quantitative estimate of drug-likeness (QED) is 0.486. The highest BCUT2D eigenvalue weighted by Crippen LogP contribution is 2.56. The van der Waals surface area contributed by atoms with Crippen molar-refractivity contribution in [3.63, 3.8) is 0 Å². The fourth-order valence-corrected chi connectivity index (χ4v) is 7.51. The number of amides is 2. The molecule has 7 nitrogen and oxygen atoms in total. The molecular formula is C23H32FN5O2Si. The van der Waals surface area contributed by atoms with E-state index in [1.54, 1.807) is 6.07 Å². The number of nitrogens with zero attached hydrogens (tertiary/aromatic N) is 1. The molecule has 1 fully saturated rings. The van der Waals surface area contributed by atoms with Gasteiger partial charge >= 0.3 is 0 Å². The third-order valence-corrected chi connectivity index (χ3v) is 11.0. The molecule has 32 heavy (non-hydrogen) atoms. The van der Waals surface area contributed by atoms with Crippen LogP contribution in [0.25, 0.3) is 0 Å². The number of carbonyl (C=O) groups excluding carboxylic acids is 2. The molecular weight excluding hydrogens is 425 g/mol. The van der Waals surface area contributed by atoms with Crippen LogP contribution < -0.4 is 16.0 Å². The van der Waals surface area contributed by atoms with Crippen molar-refractivity contribution < 1.29 is 14.0 Å². The highest BCUT2D eigenvalue weighted by molar-refractivity contribution is 6.83. The summed E-state index contributed by atoms with van der Waals surface area (Å²) in [5.41, 5.74) is 2.02. The number of rotatable bonds is 5. The van der Waals surface area contributed by atoms with Crippen LogP contribution in [0.5, 0.6) is 0 Å². The second kappa shape index (κ2) is 7.43. The van der Waals surface area contributed by atoms with Crippen molar-refractivity contribution in [2.24, 2.45) is 0 Å². The van der Waals surface area contributed by atoms with Gasteiger partial charge in [0.05, 0.1) is 13.8 Å². The van der Waals surface area contributed by atoms with Crippen molar-refractivity contribution in [2.75, 3.05) is 16.0 Å². The molecule has 1 aromatic heterocycles. The summed E-state index contributed by atoms with van der Waals surface area (Å²) in [5.74, 6) is -0.223. The number of H-pyrrole nitrogens is 1. The van der Waals surface area contributed by atoms with Gasteiger partial charge in [0.2, 0.25) is 11.8 Å². The van der Waals surface area contributed by atoms with E-state index in [1.807, 2.05) is 20.8 Å². The smallest absolute Gasteiger partial charge is 0.247 e. The van der Waals surface area contributed by atoms with Gasteiger partial charge < -0.3 is 16.0 Å². The van der Waals surface area contributed by atoms with Crippen molar-refractivity contribution in [1.29, 1.82) is 0 Å². The lowest BCUT2D eigenvalue weighted by molar-refractivity contribution is -0.121. The number of anilines is 3. The number of aromatic amines is 1. The van der Waals surface area contributed by atoms with Gasteiger partial charge in [-0.2, -0.15) is 5.10 Å². The molecule has 0 spiro atoms. The molecule has 4 N–H and O–H groups in total. The summed E-state index contributed by atoms with van der Waals surface area (Å²) in [6, 6.07) is 3.70. The first kappa shape index (κ1) is 22.5. The molecule has 172 valence electrons. The second-order valence-corrected chi connectivity index (χ2v) is 16.2. The van der Waals surface area contributed by atoms with E-state index in [1.165, 1.54) is 12.1 Å². The standard InChI is InChI=1S/C23H32FN5O2Si/c1-13-8-9-14(24)12-15(13)25-20(30)18-22(2,3)17-16(26-18)19(29-28-17)27-21(31)23(10-7-11-23)32(4,5)6/h8-9,12,18,26H,7,10-11H2,1-6H3,(H,25,30)(H2,27,28,29,31). The Morgan fingerprint density at radius 1 is 1.19 bits per heavy atom. The number of halogens is 1. The maximum atomic E-state index is 13.7. The zero-order valence-electron chi connectivity index (χ0n) is 19.6. The number of benzene rings is 1. The lowest BCUT2D eigenvalue weighted by atomic mass is 9.83. The summed E-state index contributed by atoms with van der Waals surface area (Å²) in [7, 11) is -1.72. The van der Waals surface area contributed by atoms with Crippen LogP contribution in [0.4, 0.5) is 21.6 Å². The SMILES string of the molecule is Cc1ccc(F)cc1NC(=O)C1Nc2c(NC(=O)C3([Si](C)(C)C)CCC3)n[nH]c2C1(C)C. The molecule has 4 rings (SSSR count). The zero-order chi connectivity index (χ0) is 23.5. The van der Waals surface area contributed by atoms with Crippen LogP contribution in [0.2, 0.25) is 24.7 Å². The van der Waals surface area contributed by atoms with Crippen molar-refractivity contribution in [3.05, 3.63) is 35.3 Å². The highest BCUT2D eigenvalue weighted by atomic mass is 28.3. The van der Waals surface area contributed by atoms with Gasteiger partial charge in [-0.3, -0.25) is 14.7 Å². The average molecular weight is 458 g/mol. The van der Waals surface area contributed by atoms with E-state index in [2.05, 4.69) is 45.8 Å². The maximum Gasteiger partial charge on any atom is 0.247 e. The Labute approximate surface area is 189 Å². The van der Waals surface area contributed by atoms with Crippen molar-refractivity contribution in [2.45, 2.75) is 76.2 Å². The number of hydrogen-bond donors (Lipinski definition) is 4. The van der Waals surface area contributed by atoms with Gasteiger partial charge in [0.15, 0.2) is 5.82 Å². The predicted octanol–water partition coefficient (Wildman–Crippen LogP) is 4.77. The Morgan fingerprint density at radius 3 is 2.47 bits per heavy atom. The Morgan fingerprint density at radius 2 is 1.88 bits per heavy atom. The number of aromatic nitrogens is 2. The molecule has 1 atom stereocenters. The summed E-state index contributed by atoms with van der Waals surface area (Å²) in [4.78, 5) is 26.4. The summed E-state index contributed by atoms with van der Waals surface area (Å²) in [6.07, 6.45) is 2.90. The third kappa shape index (κ3) is 3.43. The fraction of sp³-hybridized carbons (Fsp3) is 0.522.